The minimum absolute atomic E-state index is 0.0333. The van der Waals surface area contributed by atoms with Gasteiger partial charge >= 0.3 is 0 Å². The molecule has 3 unspecified atom stereocenters. The van der Waals surface area contributed by atoms with E-state index >= 15 is 4.39 Å². The molecule has 0 radical (unpaired) electrons. The molecule has 0 aliphatic carbocycles. The molecule has 11 heteroatoms. The molecular formula is C33H31ClFN5O4. The topological polar surface area (TPSA) is 114 Å². The predicted molar refractivity (Wildman–Crippen MR) is 159 cm³/mol. The minimum atomic E-state index is -1.62. The largest absolute Gasteiger partial charge is 0.379 e. The third-order valence-corrected chi connectivity index (χ3v) is 8.62. The molecule has 2 aliphatic heterocycles. The fourth-order valence-corrected chi connectivity index (χ4v) is 6.12. The number of rotatable bonds is 9. The predicted octanol–water partition coefficient (Wildman–Crippen LogP) is 5.37. The van der Waals surface area contributed by atoms with Crippen LogP contribution < -0.4 is 0 Å². The number of halogens is 2. The van der Waals surface area contributed by atoms with E-state index in [1.807, 2.05) is 18.2 Å². The molecule has 1 amide bonds. The van der Waals surface area contributed by atoms with E-state index in [1.165, 1.54) is 12.3 Å². The van der Waals surface area contributed by atoms with Crippen molar-refractivity contribution in [2.45, 2.75) is 50.2 Å². The van der Waals surface area contributed by atoms with E-state index in [9.17, 15) is 15.2 Å². The van der Waals surface area contributed by atoms with Gasteiger partial charge in [0, 0.05) is 42.2 Å². The van der Waals surface area contributed by atoms with Crippen molar-refractivity contribution in [2.24, 2.45) is 7.05 Å². The van der Waals surface area contributed by atoms with Crippen LogP contribution in [0.4, 0.5) is 4.39 Å². The maximum atomic E-state index is 16.6. The van der Waals surface area contributed by atoms with Crippen LogP contribution in [0, 0.1) is 17.1 Å². The van der Waals surface area contributed by atoms with Crippen LogP contribution >= 0.6 is 11.6 Å². The Morgan fingerprint density at radius 3 is 2.66 bits per heavy atom. The Balaban J connectivity index is 1.50. The van der Waals surface area contributed by atoms with Crippen LogP contribution in [0.5, 0.6) is 0 Å². The number of pyridine rings is 1. The average Bonchev–Trinajstić information content (AvgIpc) is 3.77. The average molecular weight is 616 g/mol. The van der Waals surface area contributed by atoms with Crippen molar-refractivity contribution in [3.63, 3.8) is 0 Å². The number of aromatic nitrogens is 3. The van der Waals surface area contributed by atoms with Gasteiger partial charge in [0.05, 0.1) is 48.6 Å². The van der Waals surface area contributed by atoms with Gasteiger partial charge in [-0.05, 0) is 60.4 Å². The molecule has 9 nitrogen and oxygen atoms in total. The molecule has 226 valence electrons. The highest BCUT2D eigenvalue weighted by Gasteiger charge is 2.47. The highest BCUT2D eigenvalue weighted by Crippen LogP contribution is 2.48. The molecule has 0 saturated carbocycles. The second kappa shape index (κ2) is 12.1. The number of hydrogen-bond donors (Lipinski definition) is 1. The lowest BCUT2D eigenvalue weighted by Crippen LogP contribution is -2.34. The summed E-state index contributed by atoms with van der Waals surface area (Å²) in [5.41, 5.74) is 0.883. The summed E-state index contributed by atoms with van der Waals surface area (Å²) < 4.78 is 30.5. The number of aryl methyl sites for hydroxylation is 1. The molecular weight excluding hydrogens is 585 g/mol. The Morgan fingerprint density at radius 1 is 1.25 bits per heavy atom. The van der Waals surface area contributed by atoms with Gasteiger partial charge < -0.3 is 24.0 Å². The highest BCUT2D eigenvalue weighted by molar-refractivity contribution is 6.30. The van der Waals surface area contributed by atoms with Gasteiger partial charge in [-0.3, -0.25) is 9.78 Å². The number of carbonyl (C=O) groups is 1. The summed E-state index contributed by atoms with van der Waals surface area (Å²) in [5.74, 6) is -1.07. The van der Waals surface area contributed by atoms with Crippen molar-refractivity contribution in [3.05, 3.63) is 117 Å². The molecule has 1 saturated heterocycles. The monoisotopic (exact) mass is 615 g/mol. The third-order valence-electron chi connectivity index (χ3n) is 8.37. The molecule has 1 fully saturated rings. The number of fused-ring (bicyclic) bond motifs is 1. The van der Waals surface area contributed by atoms with Gasteiger partial charge in [-0.15, -0.1) is 0 Å². The molecule has 2 aromatic heterocycles. The molecule has 44 heavy (non-hydrogen) atoms. The summed E-state index contributed by atoms with van der Waals surface area (Å²) in [6, 6.07) is 14.4. The van der Waals surface area contributed by atoms with Gasteiger partial charge in [-0.25, -0.2) is 9.37 Å². The lowest BCUT2D eigenvalue weighted by atomic mass is 9.85. The number of ether oxygens (including phenoxy) is 2. The lowest BCUT2D eigenvalue weighted by molar-refractivity contribution is -0.0573. The number of hydrogen-bond acceptors (Lipinski definition) is 7. The summed E-state index contributed by atoms with van der Waals surface area (Å²) in [6.45, 7) is 2.73. The summed E-state index contributed by atoms with van der Waals surface area (Å²) in [4.78, 5) is 24.6. The number of nitrogens with zero attached hydrogens (tertiary/aromatic N) is 5. The number of amides is 1. The van der Waals surface area contributed by atoms with Crippen LogP contribution in [0.25, 0.3) is 0 Å². The number of nitriles is 1. The van der Waals surface area contributed by atoms with E-state index in [0.29, 0.717) is 47.2 Å². The first-order valence-corrected chi connectivity index (χ1v) is 14.8. The molecule has 4 aromatic rings. The molecule has 2 aliphatic rings. The molecule has 2 aromatic carbocycles. The number of carbonyl (C=O) groups excluding carboxylic acids is 1. The first-order valence-electron chi connectivity index (χ1n) is 14.4. The lowest BCUT2D eigenvalue weighted by Gasteiger charge is -2.34. The SMILES string of the molecule is CCC(O)(c1cc(F)c2c(c1)C(=O)N(Cc1ccc(C#N)cn1)C2C(O[C@@H]1CCOC1)c1ccc(Cl)cc1)c1cn(C)cn1. The van der Waals surface area contributed by atoms with Crippen molar-refractivity contribution in [1.29, 1.82) is 5.26 Å². The summed E-state index contributed by atoms with van der Waals surface area (Å²) in [6.07, 6.45) is 4.50. The first-order chi connectivity index (χ1) is 21.2. The fourth-order valence-electron chi connectivity index (χ4n) is 5.99. The standard InChI is InChI=1S/C33H31ClFN5O4/c1-3-33(42,28-17-39(2)19-38-28)22-12-26-29(27(35)13-22)30(40(32(26)41)16-24-9-4-20(14-36)15-37-24)31(44-25-10-11-43-18-25)21-5-7-23(34)8-6-21/h4-9,12-13,15,17,19,25,30-31,42H,3,10-11,16,18H2,1-2H3/t25-,30?,31?,33?/m1/s1. The summed E-state index contributed by atoms with van der Waals surface area (Å²) in [5, 5.41) is 21.5. The molecule has 1 N–H and O–H groups in total. The van der Waals surface area contributed by atoms with Crippen molar-refractivity contribution in [1.82, 2.24) is 19.4 Å². The zero-order chi connectivity index (χ0) is 31.0. The first kappa shape index (κ1) is 29.9. The van der Waals surface area contributed by atoms with Crippen LogP contribution in [-0.4, -0.2) is 49.8 Å². The van der Waals surface area contributed by atoms with E-state index in [0.717, 1.165) is 0 Å². The Kier molecular flexibility index (Phi) is 8.22. The maximum Gasteiger partial charge on any atom is 0.255 e. The Hall–Kier alpha value is -4.14. The van der Waals surface area contributed by atoms with Crippen LogP contribution in [-0.2, 0) is 28.7 Å². The molecule has 4 heterocycles. The molecule has 4 atom stereocenters. The molecule has 0 spiro atoms. The van der Waals surface area contributed by atoms with Crippen molar-refractivity contribution < 1.29 is 23.8 Å². The smallest absolute Gasteiger partial charge is 0.255 e. The van der Waals surface area contributed by atoms with E-state index in [4.69, 9.17) is 21.1 Å². The summed E-state index contributed by atoms with van der Waals surface area (Å²) >= 11 is 6.22. The van der Waals surface area contributed by atoms with Gasteiger partial charge in [0.15, 0.2) is 0 Å². The van der Waals surface area contributed by atoms with Crippen LogP contribution in [0.15, 0.2) is 67.3 Å². The fraction of sp³-hybridized carbons (Fsp3) is 0.333. The van der Waals surface area contributed by atoms with Crippen molar-refractivity contribution in [3.8, 4) is 6.07 Å². The number of aliphatic hydroxyl groups is 1. The van der Waals surface area contributed by atoms with Crippen LogP contribution in [0.3, 0.4) is 0 Å². The normalized spacial score (nSPS) is 19.9. The van der Waals surface area contributed by atoms with E-state index in [2.05, 4.69) is 9.97 Å². The molecule has 6 rings (SSSR count). The quantitative estimate of drug-likeness (QED) is 0.269. The van der Waals surface area contributed by atoms with Gasteiger partial charge in [-0.1, -0.05) is 30.7 Å². The maximum absolute atomic E-state index is 16.6. The Morgan fingerprint density at radius 2 is 2.05 bits per heavy atom. The van der Waals surface area contributed by atoms with Gasteiger partial charge in [0.25, 0.3) is 5.91 Å². The van der Waals surface area contributed by atoms with Gasteiger partial charge in [-0.2, -0.15) is 5.26 Å². The second-order valence-corrected chi connectivity index (χ2v) is 11.6. The van der Waals surface area contributed by atoms with Gasteiger partial charge in [0.1, 0.15) is 23.6 Å². The summed E-state index contributed by atoms with van der Waals surface area (Å²) in [7, 11) is 1.78. The number of imidazole rings is 1. The highest BCUT2D eigenvalue weighted by atomic mass is 35.5. The van der Waals surface area contributed by atoms with E-state index in [1.54, 1.807) is 66.3 Å². The van der Waals surface area contributed by atoms with E-state index < -0.39 is 29.5 Å². The third kappa shape index (κ3) is 5.48. The minimum Gasteiger partial charge on any atom is -0.379 e. The van der Waals surface area contributed by atoms with Crippen LogP contribution in [0.1, 0.15) is 75.9 Å². The Bertz CT molecular complexity index is 1720. The second-order valence-electron chi connectivity index (χ2n) is 11.2. The Labute approximate surface area is 259 Å². The zero-order valence-electron chi connectivity index (χ0n) is 24.3. The van der Waals surface area contributed by atoms with E-state index in [-0.39, 0.29) is 35.8 Å². The zero-order valence-corrected chi connectivity index (χ0v) is 25.0. The number of benzene rings is 2. The van der Waals surface area contributed by atoms with Crippen LogP contribution in [0.2, 0.25) is 5.02 Å². The van der Waals surface area contributed by atoms with Gasteiger partial charge in [0.2, 0.25) is 0 Å². The molecule has 0 bridgehead atoms. The van der Waals surface area contributed by atoms with Crippen molar-refractivity contribution in [2.75, 3.05) is 13.2 Å². The van der Waals surface area contributed by atoms with Crippen molar-refractivity contribution >= 4 is 17.5 Å².